The molecule has 1 N–H and O–H groups in total. The second kappa shape index (κ2) is 5.51. The van der Waals surface area contributed by atoms with E-state index in [1.165, 1.54) is 0 Å². The summed E-state index contributed by atoms with van der Waals surface area (Å²) in [5.41, 5.74) is -2.17. The average Bonchev–Trinajstić information content (AvgIpc) is 2.80. The Bertz CT molecular complexity index is 786. The number of benzene rings is 1. The number of halogens is 5. The van der Waals surface area contributed by atoms with Crippen LogP contribution in [0.5, 0.6) is 0 Å². The molecule has 0 atom stereocenters. The lowest BCUT2D eigenvalue weighted by atomic mass is 10.2. The monoisotopic (exact) mass is 349 g/mol. The molecule has 0 saturated carbocycles. The molecule has 0 radical (unpaired) electrons. The summed E-state index contributed by atoms with van der Waals surface area (Å²) >= 11 is 11.6. The van der Waals surface area contributed by atoms with Gasteiger partial charge in [0.2, 0.25) is 0 Å². The van der Waals surface area contributed by atoms with Crippen LogP contribution in [0, 0.1) is 11.3 Å². The van der Waals surface area contributed by atoms with Gasteiger partial charge in [-0.15, -0.1) is 0 Å². The fourth-order valence-electron chi connectivity index (χ4n) is 1.74. The van der Waals surface area contributed by atoms with Crippen LogP contribution in [0.1, 0.15) is 21.6 Å². The molecule has 5 nitrogen and oxygen atoms in total. The minimum absolute atomic E-state index is 0.254. The van der Waals surface area contributed by atoms with Gasteiger partial charge in [-0.1, -0.05) is 23.2 Å². The number of carbonyl (C=O) groups is 1. The number of aromatic nitrogens is 2. The van der Waals surface area contributed by atoms with Gasteiger partial charge in [-0.2, -0.15) is 23.5 Å². The molecule has 1 aromatic heterocycles. The lowest BCUT2D eigenvalue weighted by Crippen LogP contribution is -2.12. The number of hydrogen-bond donors (Lipinski definition) is 1. The first-order valence-electron chi connectivity index (χ1n) is 5.45. The second-order valence-electron chi connectivity index (χ2n) is 4.02. The smallest absolute Gasteiger partial charge is 0.416 e. The van der Waals surface area contributed by atoms with Crippen LogP contribution in [0.25, 0.3) is 5.69 Å². The molecular formula is C12H4Cl2F3N3O2. The second-order valence-corrected chi connectivity index (χ2v) is 4.84. The minimum Gasteiger partial charge on any atom is -0.476 e. The summed E-state index contributed by atoms with van der Waals surface area (Å²) in [4.78, 5) is 11.2. The fourth-order valence-corrected chi connectivity index (χ4v) is 2.38. The number of nitrogens with zero attached hydrogens (tertiary/aromatic N) is 3. The maximum atomic E-state index is 12.7. The van der Waals surface area contributed by atoms with Crippen molar-refractivity contribution in [2.75, 3.05) is 0 Å². The van der Waals surface area contributed by atoms with Gasteiger partial charge in [0.1, 0.15) is 17.3 Å². The summed E-state index contributed by atoms with van der Waals surface area (Å²) in [5.74, 6) is -1.50. The molecule has 0 unspecified atom stereocenters. The molecule has 2 rings (SSSR count). The van der Waals surface area contributed by atoms with Crippen LogP contribution >= 0.6 is 23.2 Å². The number of alkyl halides is 3. The van der Waals surface area contributed by atoms with Crippen LogP contribution in [0.3, 0.4) is 0 Å². The van der Waals surface area contributed by atoms with Crippen molar-refractivity contribution in [2.45, 2.75) is 6.18 Å². The molecule has 0 aliphatic rings. The maximum Gasteiger partial charge on any atom is 0.416 e. The fraction of sp³-hybridized carbons (Fsp3) is 0.0833. The number of rotatable bonds is 2. The average molecular weight is 350 g/mol. The molecular weight excluding hydrogens is 346 g/mol. The van der Waals surface area contributed by atoms with Crippen molar-refractivity contribution in [1.29, 1.82) is 5.26 Å². The van der Waals surface area contributed by atoms with E-state index in [-0.39, 0.29) is 11.3 Å². The van der Waals surface area contributed by atoms with Crippen molar-refractivity contribution in [3.8, 4) is 11.8 Å². The van der Waals surface area contributed by atoms with Crippen LogP contribution in [0.2, 0.25) is 10.0 Å². The van der Waals surface area contributed by atoms with Gasteiger partial charge >= 0.3 is 12.1 Å². The van der Waals surface area contributed by atoms with E-state index in [1.54, 1.807) is 6.07 Å². The van der Waals surface area contributed by atoms with Crippen LogP contribution in [0.4, 0.5) is 13.2 Å². The molecule has 114 valence electrons. The summed E-state index contributed by atoms with van der Waals surface area (Å²) in [6, 6.07) is 2.81. The van der Waals surface area contributed by atoms with E-state index in [9.17, 15) is 18.0 Å². The van der Waals surface area contributed by atoms with E-state index < -0.39 is 33.4 Å². The lowest BCUT2D eigenvalue weighted by molar-refractivity contribution is -0.137. The number of aromatic carboxylic acids is 1. The highest BCUT2D eigenvalue weighted by molar-refractivity contribution is 6.38. The van der Waals surface area contributed by atoms with Crippen molar-refractivity contribution in [3.05, 3.63) is 45.2 Å². The summed E-state index contributed by atoms with van der Waals surface area (Å²) in [6.45, 7) is 0. The van der Waals surface area contributed by atoms with Crippen LogP contribution < -0.4 is 0 Å². The van der Waals surface area contributed by atoms with Gasteiger partial charge in [0.05, 0.1) is 21.8 Å². The van der Waals surface area contributed by atoms with Gasteiger partial charge in [0, 0.05) is 0 Å². The van der Waals surface area contributed by atoms with Gasteiger partial charge in [-0.3, -0.25) is 0 Å². The van der Waals surface area contributed by atoms with E-state index in [4.69, 9.17) is 33.6 Å². The predicted octanol–water partition coefficient (Wildman–Crippen LogP) is 3.77. The van der Waals surface area contributed by atoms with Gasteiger partial charge in [-0.25, -0.2) is 9.48 Å². The molecule has 10 heteroatoms. The standard InChI is InChI=1S/C12H4Cl2F3N3O2/c13-7-1-6(12(15,16)17)2-8(14)10(7)20-9(11(21)22)5(3-18)4-19-20/h1-2,4H,(H,21,22). The Balaban J connectivity index is 2.73. The Hall–Kier alpha value is -2.24. The zero-order valence-corrected chi connectivity index (χ0v) is 11.8. The topological polar surface area (TPSA) is 78.9 Å². The normalized spacial score (nSPS) is 11.3. The third-order valence-corrected chi connectivity index (χ3v) is 3.22. The minimum atomic E-state index is -4.66. The lowest BCUT2D eigenvalue weighted by Gasteiger charge is -2.13. The van der Waals surface area contributed by atoms with Gasteiger partial charge in [-0.05, 0) is 12.1 Å². The summed E-state index contributed by atoms with van der Waals surface area (Å²) in [7, 11) is 0. The first kappa shape index (κ1) is 16.1. The van der Waals surface area contributed by atoms with E-state index in [0.29, 0.717) is 16.8 Å². The molecule has 22 heavy (non-hydrogen) atoms. The highest BCUT2D eigenvalue weighted by Crippen LogP contribution is 2.37. The highest BCUT2D eigenvalue weighted by Gasteiger charge is 2.33. The molecule has 0 bridgehead atoms. The zero-order chi connectivity index (χ0) is 16.7. The Morgan fingerprint density at radius 2 is 1.86 bits per heavy atom. The molecule has 0 amide bonds. The molecule has 1 heterocycles. The summed E-state index contributed by atoms with van der Waals surface area (Å²) in [6.07, 6.45) is -3.71. The van der Waals surface area contributed by atoms with Crippen molar-refractivity contribution in [1.82, 2.24) is 9.78 Å². The van der Waals surface area contributed by atoms with Crippen molar-refractivity contribution < 1.29 is 23.1 Å². The Morgan fingerprint density at radius 1 is 1.32 bits per heavy atom. The molecule has 0 spiro atoms. The first-order chi connectivity index (χ1) is 10.2. The molecule has 2 aromatic rings. The van der Waals surface area contributed by atoms with Gasteiger partial charge in [0.25, 0.3) is 0 Å². The number of carboxylic acid groups (broad SMARTS) is 1. The Kier molecular flexibility index (Phi) is 4.04. The SMILES string of the molecule is N#Cc1cnn(-c2c(Cl)cc(C(F)(F)F)cc2Cl)c1C(=O)O. The predicted molar refractivity (Wildman–Crippen MR) is 70.3 cm³/mol. The summed E-state index contributed by atoms with van der Waals surface area (Å²) < 4.78 is 38.7. The molecule has 0 aliphatic heterocycles. The summed E-state index contributed by atoms with van der Waals surface area (Å²) in [5, 5.41) is 20.7. The number of carboxylic acids is 1. The van der Waals surface area contributed by atoms with E-state index in [1.807, 2.05) is 0 Å². The van der Waals surface area contributed by atoms with Crippen molar-refractivity contribution in [3.63, 3.8) is 0 Å². The largest absolute Gasteiger partial charge is 0.476 e. The van der Waals surface area contributed by atoms with E-state index in [2.05, 4.69) is 5.10 Å². The molecule has 0 saturated heterocycles. The van der Waals surface area contributed by atoms with E-state index >= 15 is 0 Å². The molecule has 0 fully saturated rings. The Labute approximate surface area is 131 Å². The maximum absolute atomic E-state index is 12.7. The molecule has 0 aliphatic carbocycles. The van der Waals surface area contributed by atoms with Crippen molar-refractivity contribution >= 4 is 29.2 Å². The number of hydrogen-bond acceptors (Lipinski definition) is 3. The molecule has 1 aromatic carbocycles. The van der Waals surface area contributed by atoms with Crippen LogP contribution in [0.15, 0.2) is 18.3 Å². The van der Waals surface area contributed by atoms with Crippen molar-refractivity contribution in [2.24, 2.45) is 0 Å². The highest BCUT2D eigenvalue weighted by atomic mass is 35.5. The number of nitriles is 1. The third-order valence-electron chi connectivity index (χ3n) is 2.65. The van der Waals surface area contributed by atoms with Crippen LogP contribution in [-0.2, 0) is 6.18 Å². The van der Waals surface area contributed by atoms with Crippen LogP contribution in [-0.4, -0.2) is 20.9 Å². The van der Waals surface area contributed by atoms with E-state index in [0.717, 1.165) is 6.20 Å². The Morgan fingerprint density at radius 3 is 2.27 bits per heavy atom. The zero-order valence-electron chi connectivity index (χ0n) is 10.3. The van der Waals surface area contributed by atoms with Gasteiger partial charge < -0.3 is 5.11 Å². The third kappa shape index (κ3) is 2.73. The first-order valence-corrected chi connectivity index (χ1v) is 6.20. The van der Waals surface area contributed by atoms with Gasteiger partial charge in [0.15, 0.2) is 5.69 Å². The quantitative estimate of drug-likeness (QED) is 0.894.